The molecule has 1 saturated heterocycles. The third-order valence-corrected chi connectivity index (χ3v) is 12.4. The van der Waals surface area contributed by atoms with Gasteiger partial charge in [-0.15, -0.1) is 5.10 Å². The minimum absolute atomic E-state index is 0.00977. The molecule has 7 rings (SSSR count). The van der Waals surface area contributed by atoms with E-state index in [9.17, 15) is 19.5 Å². The molecule has 0 saturated carbocycles. The molecule has 4 atom stereocenters. The highest BCUT2D eigenvalue weighted by atomic mass is 28.4. The number of aryl methyl sites for hydroxylation is 1. The highest BCUT2D eigenvalue weighted by molar-refractivity contribution is 6.71. The van der Waals surface area contributed by atoms with Crippen LogP contribution in [0, 0.1) is 5.92 Å². The summed E-state index contributed by atoms with van der Waals surface area (Å²) in [7, 11) is -1.27. The normalized spacial score (nSPS) is 22.2. The smallest absolute Gasteiger partial charge is 0.279 e. The van der Waals surface area contributed by atoms with Crippen LogP contribution in [-0.4, -0.2) is 68.7 Å². The van der Waals surface area contributed by atoms with Crippen LogP contribution < -0.4 is 15.2 Å². The van der Waals surface area contributed by atoms with Crippen molar-refractivity contribution in [3.63, 3.8) is 0 Å². The number of aromatic nitrogens is 5. The maximum Gasteiger partial charge on any atom is 0.279 e. The molecule has 0 aliphatic carbocycles. The second-order valence-electron chi connectivity index (χ2n) is 13.3. The molecule has 2 aliphatic rings. The monoisotopic (exact) mass is 668 g/mol. The first-order valence-corrected chi connectivity index (χ1v) is 19.3. The number of carbonyl (C=O) groups excluding carboxylic acids is 1. The van der Waals surface area contributed by atoms with Crippen molar-refractivity contribution < 1.29 is 24.2 Å². The SMILES string of the molecule is COc1ccc2c(c1)[C@]1(O[C@@H](CCn3cc(CCO)nn3)[C@H]([Si](C)(C)O)[C@H]1C)C(=O)N2Cc1cccc(-n2[nH]c3ccccc3c2=O)c1. The molecule has 1 fully saturated rings. The second-order valence-corrected chi connectivity index (χ2v) is 17.3. The number of para-hydroxylation sites is 1. The zero-order valence-corrected chi connectivity index (χ0v) is 28.5. The summed E-state index contributed by atoms with van der Waals surface area (Å²) in [4.78, 5) is 41.5. The molecule has 0 unspecified atom stereocenters. The summed E-state index contributed by atoms with van der Waals surface area (Å²) in [5, 5.41) is 21.4. The van der Waals surface area contributed by atoms with E-state index in [1.165, 1.54) is 4.68 Å². The van der Waals surface area contributed by atoms with E-state index in [4.69, 9.17) is 9.47 Å². The molecule has 13 heteroatoms. The summed E-state index contributed by atoms with van der Waals surface area (Å²) in [5.74, 6) is 0.0796. The van der Waals surface area contributed by atoms with Crippen molar-refractivity contribution in [2.75, 3.05) is 18.6 Å². The predicted molar refractivity (Wildman–Crippen MR) is 183 cm³/mol. The van der Waals surface area contributed by atoms with Gasteiger partial charge >= 0.3 is 0 Å². The molecule has 1 amide bonds. The zero-order chi connectivity index (χ0) is 33.8. The molecule has 2 aromatic heterocycles. The molecule has 4 heterocycles. The van der Waals surface area contributed by atoms with Crippen molar-refractivity contribution in [3.05, 3.63) is 100 Å². The average molecular weight is 669 g/mol. The first-order chi connectivity index (χ1) is 23.0. The number of anilines is 1. The van der Waals surface area contributed by atoms with Crippen LogP contribution in [0.2, 0.25) is 18.6 Å². The van der Waals surface area contributed by atoms with Crippen molar-refractivity contribution in [2.45, 2.75) is 63.2 Å². The molecule has 0 radical (unpaired) electrons. The van der Waals surface area contributed by atoms with Gasteiger partial charge in [-0.2, -0.15) is 0 Å². The van der Waals surface area contributed by atoms with Crippen molar-refractivity contribution in [1.82, 2.24) is 24.8 Å². The highest BCUT2D eigenvalue weighted by Crippen LogP contribution is 2.60. The maximum absolute atomic E-state index is 14.9. The number of benzene rings is 3. The van der Waals surface area contributed by atoms with Gasteiger partial charge in [0.05, 0.1) is 47.7 Å². The molecule has 3 N–H and O–H groups in total. The van der Waals surface area contributed by atoms with Gasteiger partial charge in [-0.05, 0) is 67.5 Å². The van der Waals surface area contributed by atoms with Crippen molar-refractivity contribution in [1.29, 1.82) is 0 Å². The van der Waals surface area contributed by atoms with Crippen LogP contribution in [0.15, 0.2) is 77.7 Å². The van der Waals surface area contributed by atoms with E-state index < -0.39 is 20.0 Å². The number of aliphatic hydroxyl groups excluding tert-OH is 1. The number of aliphatic hydroxyl groups is 1. The van der Waals surface area contributed by atoms with E-state index in [0.29, 0.717) is 41.9 Å². The van der Waals surface area contributed by atoms with Crippen LogP contribution in [0.25, 0.3) is 16.6 Å². The standard InChI is InChI=1S/C35H40N6O6Si/c1-22-32(48(3,4)45)31(14-16-39-21-24(15-17-42)36-38-39)47-35(22)28-19-26(46-2)12-13-30(28)40(34(35)44)20-23-8-7-9-25(18-23)41-33(43)27-10-5-6-11-29(27)37-41/h5-13,18-19,21-22,31-32,37,42,45H,14-17,20H2,1-4H3/t22-,31+,32-,35+/m1/s1. The van der Waals surface area contributed by atoms with Crippen LogP contribution in [0.5, 0.6) is 5.75 Å². The van der Waals surface area contributed by atoms with Gasteiger partial charge in [0.2, 0.25) is 0 Å². The second kappa shape index (κ2) is 12.2. The number of hydrogen-bond acceptors (Lipinski definition) is 8. The fraction of sp³-hybridized carbons (Fsp3) is 0.371. The number of nitrogens with zero attached hydrogens (tertiary/aromatic N) is 5. The van der Waals surface area contributed by atoms with Gasteiger partial charge in [-0.1, -0.05) is 36.4 Å². The minimum Gasteiger partial charge on any atom is -0.497 e. The number of rotatable bonds is 10. The number of methoxy groups -OCH3 is 1. The Morgan fingerprint density at radius 1 is 1.08 bits per heavy atom. The Labute approximate surface area is 278 Å². The molecular weight excluding hydrogens is 629 g/mol. The summed E-state index contributed by atoms with van der Waals surface area (Å²) < 4.78 is 15.8. The van der Waals surface area contributed by atoms with E-state index in [-0.39, 0.29) is 36.1 Å². The molecule has 0 bridgehead atoms. The molecule has 2 aliphatic heterocycles. The lowest BCUT2D eigenvalue weighted by molar-refractivity contribution is -0.146. The van der Waals surface area contributed by atoms with Gasteiger partial charge in [0.25, 0.3) is 11.5 Å². The van der Waals surface area contributed by atoms with Crippen LogP contribution in [0.3, 0.4) is 0 Å². The third-order valence-electron chi connectivity index (χ3n) is 9.89. The molecule has 250 valence electrons. The number of amides is 1. The molecule has 5 aromatic rings. The summed E-state index contributed by atoms with van der Waals surface area (Å²) in [6.07, 6.45) is 2.33. The van der Waals surface area contributed by atoms with E-state index in [1.807, 2.05) is 86.9 Å². The van der Waals surface area contributed by atoms with Gasteiger partial charge in [0.15, 0.2) is 13.9 Å². The van der Waals surface area contributed by atoms with Gasteiger partial charge < -0.3 is 24.3 Å². The Balaban J connectivity index is 1.24. The largest absolute Gasteiger partial charge is 0.497 e. The number of fused-ring (bicyclic) bond motifs is 3. The van der Waals surface area contributed by atoms with Gasteiger partial charge in [-0.25, -0.2) is 4.68 Å². The number of H-pyrrole nitrogens is 1. The Kier molecular flexibility index (Phi) is 8.10. The fourth-order valence-corrected chi connectivity index (χ4v) is 10.4. The Morgan fingerprint density at radius 3 is 2.65 bits per heavy atom. The summed E-state index contributed by atoms with van der Waals surface area (Å²) >= 11 is 0. The fourth-order valence-electron chi connectivity index (χ4n) is 7.76. The lowest BCUT2D eigenvalue weighted by Crippen LogP contribution is -2.46. The first kappa shape index (κ1) is 32.0. The molecule has 48 heavy (non-hydrogen) atoms. The maximum atomic E-state index is 14.9. The zero-order valence-electron chi connectivity index (χ0n) is 27.5. The van der Waals surface area contributed by atoms with Crippen LogP contribution in [-0.2, 0) is 34.6 Å². The Hall–Kier alpha value is -4.56. The quantitative estimate of drug-likeness (QED) is 0.190. The Bertz CT molecular complexity index is 2050. The van der Waals surface area contributed by atoms with E-state index in [1.54, 1.807) is 22.8 Å². The number of carbonyl (C=O) groups is 1. The molecule has 1 spiro atoms. The first-order valence-electron chi connectivity index (χ1n) is 16.2. The molecule has 3 aromatic carbocycles. The van der Waals surface area contributed by atoms with Crippen LogP contribution in [0.1, 0.15) is 30.2 Å². The number of aromatic amines is 1. The van der Waals surface area contributed by atoms with Crippen LogP contribution in [0.4, 0.5) is 5.69 Å². The van der Waals surface area contributed by atoms with Gasteiger partial charge in [-0.3, -0.25) is 19.4 Å². The summed E-state index contributed by atoms with van der Waals surface area (Å²) in [5.41, 5.74) is 2.66. The van der Waals surface area contributed by atoms with Crippen molar-refractivity contribution >= 4 is 30.8 Å². The highest BCUT2D eigenvalue weighted by Gasteiger charge is 2.66. The average Bonchev–Trinajstić information content (AvgIpc) is 3.80. The number of nitrogens with one attached hydrogen (secondary N) is 1. The van der Waals surface area contributed by atoms with E-state index in [2.05, 4.69) is 15.4 Å². The third kappa shape index (κ3) is 5.27. The number of hydrogen-bond donors (Lipinski definition) is 3. The van der Waals surface area contributed by atoms with Gasteiger partial charge in [0.1, 0.15) is 5.75 Å². The summed E-state index contributed by atoms with van der Waals surface area (Å²) in [6.45, 7) is 6.54. The van der Waals surface area contributed by atoms with E-state index in [0.717, 1.165) is 22.3 Å². The van der Waals surface area contributed by atoms with Gasteiger partial charge in [0, 0.05) is 42.8 Å². The molecular formula is C35H40N6O6Si. The summed E-state index contributed by atoms with van der Waals surface area (Å²) in [6, 6.07) is 20.6. The lowest BCUT2D eigenvalue weighted by Gasteiger charge is -2.32. The van der Waals surface area contributed by atoms with Crippen molar-refractivity contribution in [2.24, 2.45) is 5.92 Å². The predicted octanol–water partition coefficient (Wildman–Crippen LogP) is 3.89. The Morgan fingerprint density at radius 2 is 1.90 bits per heavy atom. The topological polar surface area (TPSA) is 148 Å². The van der Waals surface area contributed by atoms with Crippen molar-refractivity contribution in [3.8, 4) is 11.4 Å². The molecule has 12 nitrogen and oxygen atoms in total. The lowest BCUT2D eigenvalue weighted by atomic mass is 9.82. The minimum atomic E-state index is -2.86. The van der Waals surface area contributed by atoms with Crippen LogP contribution >= 0.6 is 0 Å². The van der Waals surface area contributed by atoms with E-state index >= 15 is 0 Å². The number of ether oxygens (including phenoxy) is 2.